The van der Waals surface area contributed by atoms with E-state index in [1.807, 2.05) is 11.5 Å². The van der Waals surface area contributed by atoms with Crippen LogP contribution >= 0.6 is 0 Å². The van der Waals surface area contributed by atoms with Crippen molar-refractivity contribution in [3.8, 4) is 0 Å². The second-order valence-corrected chi connectivity index (χ2v) is 18.1. The topological polar surface area (TPSA) is 129 Å². The van der Waals surface area contributed by atoms with Gasteiger partial charge in [0.1, 0.15) is 11.8 Å². The molecule has 0 aliphatic heterocycles. The summed E-state index contributed by atoms with van der Waals surface area (Å²) in [6.07, 6.45) is 40.5. The molecule has 0 atom stereocenters. The van der Waals surface area contributed by atoms with E-state index in [9.17, 15) is 14.4 Å². The molecule has 1 aromatic rings. The molecule has 0 radical (unpaired) electrons. The Morgan fingerprint density at radius 2 is 1.06 bits per heavy atom. The van der Waals surface area contributed by atoms with Crippen molar-refractivity contribution >= 4 is 17.8 Å². The van der Waals surface area contributed by atoms with Gasteiger partial charge in [-0.15, -0.1) is 0 Å². The molecule has 0 saturated heterocycles. The van der Waals surface area contributed by atoms with Crippen molar-refractivity contribution in [3.05, 3.63) is 30.1 Å². The van der Waals surface area contributed by atoms with Crippen molar-refractivity contribution in [2.75, 3.05) is 26.2 Å². The Morgan fingerprint density at radius 3 is 1.58 bits per heavy atom. The first kappa shape index (κ1) is 57.1. The van der Waals surface area contributed by atoms with Crippen LogP contribution in [-0.4, -0.2) is 64.6 Å². The summed E-state index contributed by atoms with van der Waals surface area (Å²) in [5.74, 6) is -0.259. The van der Waals surface area contributed by atoms with Gasteiger partial charge in [0.05, 0.1) is 18.8 Å². The van der Waals surface area contributed by atoms with Gasteiger partial charge in [-0.1, -0.05) is 169 Å². The third kappa shape index (κ3) is 32.7. The number of amides is 1. The molecule has 10 nitrogen and oxygen atoms in total. The smallest absolute Gasteiger partial charge is 0.306 e. The van der Waals surface area contributed by atoms with Gasteiger partial charge in [0.2, 0.25) is 0 Å². The number of carbonyl (C=O) groups is 3. The van der Waals surface area contributed by atoms with Crippen molar-refractivity contribution in [2.45, 2.75) is 259 Å². The summed E-state index contributed by atoms with van der Waals surface area (Å²) in [7, 11) is 0. The fourth-order valence-corrected chi connectivity index (χ4v) is 8.30. The summed E-state index contributed by atoms with van der Waals surface area (Å²) in [6.45, 7) is 16.7. The van der Waals surface area contributed by atoms with E-state index in [0.29, 0.717) is 25.1 Å². The average molecular weight is 872 g/mol. The van der Waals surface area contributed by atoms with E-state index in [1.54, 1.807) is 6.33 Å². The van der Waals surface area contributed by atoms with Gasteiger partial charge >= 0.3 is 11.9 Å². The number of esters is 2. The number of aryl methyl sites for hydroxylation is 1. The van der Waals surface area contributed by atoms with Gasteiger partial charge in [0.15, 0.2) is 0 Å². The molecule has 62 heavy (non-hydrogen) atoms. The van der Waals surface area contributed by atoms with Crippen LogP contribution in [-0.2, 0) is 25.6 Å². The molecule has 0 bridgehead atoms. The van der Waals surface area contributed by atoms with Crippen molar-refractivity contribution < 1.29 is 23.9 Å². The lowest BCUT2D eigenvalue weighted by molar-refractivity contribution is -0.150. The third-order valence-electron chi connectivity index (χ3n) is 12.2. The molecule has 0 fully saturated rings. The van der Waals surface area contributed by atoms with Crippen LogP contribution in [0, 0.1) is 6.92 Å². The van der Waals surface area contributed by atoms with E-state index in [4.69, 9.17) is 15.2 Å². The maximum atomic E-state index is 12.9. The van der Waals surface area contributed by atoms with Gasteiger partial charge < -0.3 is 30.0 Å². The number of hydrogen-bond donors (Lipinski definition) is 2. The van der Waals surface area contributed by atoms with Crippen LogP contribution in [0.1, 0.15) is 255 Å². The van der Waals surface area contributed by atoms with Crippen LogP contribution in [0.2, 0.25) is 0 Å². The SMILES string of the molecule is C=C(N)NC(=O)c1ncn(CCCN(CCCCCCCC(=O)OCCCCCCCCC)CCCCCCCC(=O)OC(CCCCCCCC)CCCCCCCC)c1C. The number of nitrogens with two attached hydrogens (primary N) is 1. The molecule has 1 rings (SSSR count). The summed E-state index contributed by atoms with van der Waals surface area (Å²) in [6, 6.07) is 0. The number of unbranched alkanes of at least 4 members (excludes halogenated alkanes) is 24. The minimum absolute atomic E-state index is 0.00240. The summed E-state index contributed by atoms with van der Waals surface area (Å²) >= 11 is 0. The molecule has 3 N–H and O–H groups in total. The van der Waals surface area contributed by atoms with Gasteiger partial charge in [-0.3, -0.25) is 14.4 Å². The normalized spacial score (nSPS) is 11.5. The Hall–Kier alpha value is -2.88. The first-order chi connectivity index (χ1) is 30.2. The highest BCUT2D eigenvalue weighted by molar-refractivity contribution is 5.94. The number of aromatic nitrogens is 2. The molecular weight excluding hydrogens is 775 g/mol. The van der Waals surface area contributed by atoms with E-state index in [2.05, 4.69) is 42.6 Å². The minimum Gasteiger partial charge on any atom is -0.466 e. The molecule has 1 amide bonds. The van der Waals surface area contributed by atoms with E-state index in [0.717, 1.165) is 128 Å². The highest BCUT2D eigenvalue weighted by atomic mass is 16.5. The molecular formula is C52H97N5O5. The zero-order valence-corrected chi connectivity index (χ0v) is 40.9. The lowest BCUT2D eigenvalue weighted by Gasteiger charge is -2.22. The van der Waals surface area contributed by atoms with Crippen LogP contribution in [0.25, 0.3) is 0 Å². The maximum absolute atomic E-state index is 12.9. The fraction of sp³-hybridized carbons (Fsp3) is 0.846. The predicted molar refractivity (Wildman–Crippen MR) is 259 cm³/mol. The zero-order chi connectivity index (χ0) is 45.3. The van der Waals surface area contributed by atoms with Crippen molar-refractivity contribution in [1.29, 1.82) is 0 Å². The quantitative estimate of drug-likeness (QED) is 0.0490. The second-order valence-electron chi connectivity index (χ2n) is 18.1. The molecule has 0 aliphatic rings. The van der Waals surface area contributed by atoms with Gasteiger partial charge in [0, 0.05) is 25.1 Å². The Kier molecular flexibility index (Phi) is 37.7. The number of imidazole rings is 1. The first-order valence-electron chi connectivity index (χ1n) is 26.1. The summed E-state index contributed by atoms with van der Waals surface area (Å²) in [5, 5.41) is 2.55. The number of nitrogens with one attached hydrogen (secondary N) is 1. The van der Waals surface area contributed by atoms with Crippen LogP contribution in [0.4, 0.5) is 0 Å². The lowest BCUT2D eigenvalue weighted by Crippen LogP contribution is -2.28. The van der Waals surface area contributed by atoms with Crippen molar-refractivity contribution in [3.63, 3.8) is 0 Å². The van der Waals surface area contributed by atoms with Gasteiger partial charge in [-0.25, -0.2) is 4.98 Å². The highest BCUT2D eigenvalue weighted by Crippen LogP contribution is 2.19. The Bertz CT molecular complexity index is 1240. The van der Waals surface area contributed by atoms with E-state index >= 15 is 0 Å². The second kappa shape index (κ2) is 40.9. The van der Waals surface area contributed by atoms with Crippen LogP contribution in [0.15, 0.2) is 18.7 Å². The first-order valence-corrected chi connectivity index (χ1v) is 26.1. The monoisotopic (exact) mass is 872 g/mol. The number of carbonyl (C=O) groups excluding carboxylic acids is 3. The molecule has 0 saturated carbocycles. The standard InChI is InChI=1S/C52H97N5O5/c1-6-9-12-15-18-27-34-44-61-49(58)38-30-23-19-25-32-40-56(42-35-43-57-45-54-51(46(57)4)52(60)55-47(5)53)41-33-26-20-24-31-39-50(59)62-48(36-28-21-16-13-10-7-2)37-29-22-17-14-11-8-3/h45,48H,5-44,53H2,1-4H3,(H,55,60). The van der Waals surface area contributed by atoms with Gasteiger partial charge in [0.25, 0.3) is 5.91 Å². The Morgan fingerprint density at radius 1 is 0.629 bits per heavy atom. The minimum atomic E-state index is -0.330. The maximum Gasteiger partial charge on any atom is 0.306 e. The zero-order valence-electron chi connectivity index (χ0n) is 40.9. The van der Waals surface area contributed by atoms with Crippen LogP contribution < -0.4 is 11.1 Å². The van der Waals surface area contributed by atoms with Gasteiger partial charge in [-0.2, -0.15) is 0 Å². The average Bonchev–Trinajstić information content (AvgIpc) is 3.62. The van der Waals surface area contributed by atoms with E-state index in [1.165, 1.54) is 109 Å². The molecule has 0 aliphatic carbocycles. The number of hydrogen-bond acceptors (Lipinski definition) is 8. The molecule has 1 heterocycles. The molecule has 10 heteroatoms. The highest BCUT2D eigenvalue weighted by Gasteiger charge is 2.16. The molecule has 360 valence electrons. The lowest BCUT2D eigenvalue weighted by atomic mass is 10.0. The fourth-order valence-electron chi connectivity index (χ4n) is 8.30. The third-order valence-corrected chi connectivity index (χ3v) is 12.2. The van der Waals surface area contributed by atoms with Gasteiger partial charge in [-0.05, 0) is 90.8 Å². The number of ether oxygens (including phenoxy) is 2. The predicted octanol–water partition coefficient (Wildman–Crippen LogP) is 13.4. The number of rotatable bonds is 45. The van der Waals surface area contributed by atoms with Crippen molar-refractivity contribution in [2.24, 2.45) is 5.73 Å². The van der Waals surface area contributed by atoms with Crippen LogP contribution in [0.3, 0.4) is 0 Å². The van der Waals surface area contributed by atoms with Crippen LogP contribution in [0.5, 0.6) is 0 Å². The Balaban J connectivity index is 2.47. The summed E-state index contributed by atoms with van der Waals surface area (Å²) in [5.41, 5.74) is 6.78. The molecule has 0 spiro atoms. The Labute approximate surface area is 381 Å². The largest absolute Gasteiger partial charge is 0.466 e. The summed E-state index contributed by atoms with van der Waals surface area (Å²) < 4.78 is 13.6. The molecule has 0 unspecified atom stereocenters. The van der Waals surface area contributed by atoms with E-state index in [-0.39, 0.29) is 29.8 Å². The van der Waals surface area contributed by atoms with Crippen molar-refractivity contribution in [1.82, 2.24) is 19.8 Å². The number of nitrogens with zero attached hydrogens (tertiary/aromatic N) is 3. The molecule has 0 aromatic carbocycles. The summed E-state index contributed by atoms with van der Waals surface area (Å²) in [4.78, 5) is 44.5. The molecule has 1 aromatic heterocycles. The van der Waals surface area contributed by atoms with E-state index < -0.39 is 0 Å².